The van der Waals surface area contributed by atoms with Crippen LogP contribution in [0.2, 0.25) is 5.02 Å². The van der Waals surface area contributed by atoms with Gasteiger partial charge in [-0.3, -0.25) is 14.6 Å². The first-order valence-corrected chi connectivity index (χ1v) is 9.98. The Morgan fingerprint density at radius 3 is 2.58 bits per heavy atom. The van der Waals surface area contributed by atoms with Gasteiger partial charge in [-0.2, -0.15) is 13.2 Å². The second-order valence-corrected chi connectivity index (χ2v) is 7.58. The van der Waals surface area contributed by atoms with E-state index in [1.807, 2.05) is 12.1 Å². The van der Waals surface area contributed by atoms with Crippen LogP contribution in [-0.2, 0) is 9.59 Å². The van der Waals surface area contributed by atoms with E-state index in [0.29, 0.717) is 22.6 Å². The van der Waals surface area contributed by atoms with Crippen LogP contribution in [0.15, 0.2) is 53.7 Å². The minimum absolute atomic E-state index is 0.0609. The molecule has 0 radical (unpaired) electrons. The van der Waals surface area contributed by atoms with Gasteiger partial charge in [0.25, 0.3) is 5.56 Å². The summed E-state index contributed by atoms with van der Waals surface area (Å²) in [6.45, 7) is 1.32. The van der Waals surface area contributed by atoms with Gasteiger partial charge in [0.2, 0.25) is 5.91 Å². The van der Waals surface area contributed by atoms with Gasteiger partial charge in [-0.05, 0) is 35.2 Å². The number of carbonyl (C=O) groups excluding carboxylic acids is 1. The zero-order valence-corrected chi connectivity index (χ0v) is 17.6. The Morgan fingerprint density at radius 1 is 1.21 bits per heavy atom. The number of rotatable bonds is 3. The van der Waals surface area contributed by atoms with E-state index in [1.165, 1.54) is 0 Å². The van der Waals surface area contributed by atoms with E-state index >= 15 is 0 Å². The van der Waals surface area contributed by atoms with Crippen molar-refractivity contribution in [2.24, 2.45) is 5.92 Å². The van der Waals surface area contributed by atoms with E-state index in [-0.39, 0.29) is 23.3 Å². The van der Waals surface area contributed by atoms with Gasteiger partial charge < -0.3 is 20.7 Å². The fourth-order valence-corrected chi connectivity index (χ4v) is 3.64. The summed E-state index contributed by atoms with van der Waals surface area (Å²) in [6.07, 6.45) is 0.00817. The summed E-state index contributed by atoms with van der Waals surface area (Å²) in [7, 11) is 0. The third kappa shape index (κ3) is 5.88. The zero-order chi connectivity index (χ0) is 24.2. The third-order valence-corrected chi connectivity index (χ3v) is 5.34. The molecule has 4 rings (SSSR count). The highest BCUT2D eigenvalue weighted by Crippen LogP contribution is 2.31. The first-order valence-electron chi connectivity index (χ1n) is 9.60. The predicted molar refractivity (Wildman–Crippen MR) is 115 cm³/mol. The number of hydrogen-bond donors (Lipinski definition) is 4. The van der Waals surface area contributed by atoms with Crippen molar-refractivity contribution >= 4 is 39.9 Å². The zero-order valence-electron chi connectivity index (χ0n) is 16.8. The van der Waals surface area contributed by atoms with Crippen LogP contribution >= 0.6 is 11.6 Å². The fraction of sp³-hybridized carbons (Fsp3) is 0.238. The highest BCUT2D eigenvalue weighted by molar-refractivity contribution is 6.34. The Bertz CT molecular complexity index is 1220. The molecule has 1 amide bonds. The highest BCUT2D eigenvalue weighted by Gasteiger charge is 2.38. The van der Waals surface area contributed by atoms with Crippen LogP contribution in [-0.4, -0.2) is 46.2 Å². The first-order chi connectivity index (χ1) is 15.6. The lowest BCUT2D eigenvalue weighted by Gasteiger charge is -2.19. The van der Waals surface area contributed by atoms with E-state index in [2.05, 4.69) is 20.6 Å². The Labute approximate surface area is 189 Å². The number of H-pyrrole nitrogens is 1. The summed E-state index contributed by atoms with van der Waals surface area (Å²) in [4.78, 5) is 40.4. The number of carboxylic acid groups (broad SMARTS) is 1. The van der Waals surface area contributed by atoms with E-state index in [0.717, 1.165) is 17.5 Å². The van der Waals surface area contributed by atoms with Crippen molar-refractivity contribution < 1.29 is 27.9 Å². The standard InChI is InChI=1S/C19H17ClN4O2.C2HF3O2/c20-16-7-13-11(3-5-23-18(13)25)6-17(16)24-19(26)15-10-22-9-14(15)12-2-1-4-21-8-12;3-2(4,5)1(6)7/h1-8,14-15,22H,9-10H2,(H,23,25)(H,24,26);(H,6,7)/t14-,15+;/m1./s1. The van der Waals surface area contributed by atoms with Gasteiger partial charge in [0.05, 0.1) is 16.6 Å². The van der Waals surface area contributed by atoms with Gasteiger partial charge in [-0.25, -0.2) is 4.79 Å². The number of fused-ring (bicyclic) bond motifs is 1. The van der Waals surface area contributed by atoms with Crippen molar-refractivity contribution in [3.8, 4) is 0 Å². The minimum Gasteiger partial charge on any atom is -0.475 e. The first kappa shape index (κ1) is 24.2. The molecular formula is C21H18ClF3N4O4. The molecule has 4 N–H and O–H groups in total. The van der Waals surface area contributed by atoms with E-state index in [9.17, 15) is 22.8 Å². The number of carbonyl (C=O) groups is 2. The average Bonchev–Trinajstić information content (AvgIpc) is 3.26. The molecule has 12 heteroatoms. The second kappa shape index (κ2) is 10.0. The second-order valence-electron chi connectivity index (χ2n) is 7.18. The minimum atomic E-state index is -5.08. The van der Waals surface area contributed by atoms with Gasteiger partial charge >= 0.3 is 12.1 Å². The molecule has 3 aromatic rings. The molecule has 3 heterocycles. The average molecular weight is 483 g/mol. The number of carboxylic acids is 1. The lowest BCUT2D eigenvalue weighted by atomic mass is 9.89. The molecule has 1 aliphatic rings. The molecule has 174 valence electrons. The van der Waals surface area contributed by atoms with Gasteiger partial charge in [0, 0.05) is 43.0 Å². The van der Waals surface area contributed by atoms with Gasteiger partial charge in [0.15, 0.2) is 0 Å². The number of anilines is 1. The van der Waals surface area contributed by atoms with Crippen LogP contribution in [0.1, 0.15) is 11.5 Å². The van der Waals surface area contributed by atoms with E-state index in [4.69, 9.17) is 21.5 Å². The normalized spacial score (nSPS) is 17.8. The lowest BCUT2D eigenvalue weighted by molar-refractivity contribution is -0.192. The molecule has 0 unspecified atom stereocenters. The predicted octanol–water partition coefficient (Wildman–Crippen LogP) is 3.15. The number of halogens is 4. The molecule has 2 aromatic heterocycles. The molecule has 0 aliphatic carbocycles. The number of nitrogens with one attached hydrogen (secondary N) is 3. The molecule has 1 aliphatic heterocycles. The highest BCUT2D eigenvalue weighted by atomic mass is 35.5. The van der Waals surface area contributed by atoms with Crippen LogP contribution in [0, 0.1) is 5.92 Å². The number of pyridine rings is 2. The summed E-state index contributed by atoms with van der Waals surface area (Å²) >= 11 is 6.29. The maximum absolute atomic E-state index is 12.9. The Kier molecular flexibility index (Phi) is 7.34. The summed E-state index contributed by atoms with van der Waals surface area (Å²) in [5, 5.41) is 14.9. The molecule has 2 atom stereocenters. The van der Waals surface area contributed by atoms with Crippen molar-refractivity contribution in [3.63, 3.8) is 0 Å². The third-order valence-electron chi connectivity index (χ3n) is 5.03. The molecule has 1 aromatic carbocycles. The fourth-order valence-electron chi connectivity index (χ4n) is 3.43. The quantitative estimate of drug-likeness (QED) is 0.454. The van der Waals surface area contributed by atoms with Crippen LogP contribution in [0.4, 0.5) is 18.9 Å². The molecule has 0 spiro atoms. The molecule has 0 saturated carbocycles. The number of aliphatic carboxylic acids is 1. The van der Waals surface area contributed by atoms with Gasteiger partial charge in [-0.1, -0.05) is 17.7 Å². The Balaban J connectivity index is 0.000000383. The van der Waals surface area contributed by atoms with Crippen molar-refractivity contribution in [1.82, 2.24) is 15.3 Å². The Morgan fingerprint density at radius 2 is 1.94 bits per heavy atom. The van der Waals surface area contributed by atoms with Crippen LogP contribution in [0.3, 0.4) is 0 Å². The number of nitrogens with zero attached hydrogens (tertiary/aromatic N) is 1. The molecular weight excluding hydrogens is 465 g/mol. The number of benzene rings is 1. The smallest absolute Gasteiger partial charge is 0.475 e. The number of alkyl halides is 3. The maximum Gasteiger partial charge on any atom is 0.490 e. The largest absolute Gasteiger partial charge is 0.490 e. The monoisotopic (exact) mass is 482 g/mol. The van der Waals surface area contributed by atoms with Crippen LogP contribution in [0.25, 0.3) is 10.8 Å². The van der Waals surface area contributed by atoms with Gasteiger partial charge in [-0.15, -0.1) is 0 Å². The topological polar surface area (TPSA) is 124 Å². The summed E-state index contributed by atoms with van der Waals surface area (Å²) in [5.74, 6) is -3.02. The van der Waals surface area contributed by atoms with Crippen molar-refractivity contribution in [2.45, 2.75) is 12.1 Å². The molecule has 33 heavy (non-hydrogen) atoms. The number of amides is 1. The number of hydrogen-bond acceptors (Lipinski definition) is 5. The maximum atomic E-state index is 12.9. The summed E-state index contributed by atoms with van der Waals surface area (Å²) in [6, 6.07) is 8.95. The summed E-state index contributed by atoms with van der Waals surface area (Å²) in [5.41, 5.74) is 1.33. The van der Waals surface area contributed by atoms with Crippen LogP contribution < -0.4 is 16.2 Å². The number of aromatic nitrogens is 2. The summed E-state index contributed by atoms with van der Waals surface area (Å²) < 4.78 is 31.7. The molecule has 1 saturated heterocycles. The SMILES string of the molecule is O=C(Nc1cc2cc[nH]c(=O)c2cc1Cl)[C@H]1CNC[C@@H]1c1cccnc1.O=C(O)C(F)(F)F. The van der Waals surface area contributed by atoms with Gasteiger partial charge in [0.1, 0.15) is 0 Å². The molecule has 0 bridgehead atoms. The van der Waals surface area contributed by atoms with Crippen molar-refractivity contribution in [3.05, 3.63) is 69.9 Å². The van der Waals surface area contributed by atoms with Crippen molar-refractivity contribution in [1.29, 1.82) is 0 Å². The number of aromatic amines is 1. The Hall–Kier alpha value is -3.44. The molecule has 8 nitrogen and oxygen atoms in total. The molecule has 1 fully saturated rings. The van der Waals surface area contributed by atoms with E-state index < -0.39 is 12.1 Å². The van der Waals surface area contributed by atoms with E-state index in [1.54, 1.807) is 36.8 Å². The van der Waals surface area contributed by atoms with Crippen LogP contribution in [0.5, 0.6) is 0 Å². The van der Waals surface area contributed by atoms with Crippen molar-refractivity contribution in [2.75, 3.05) is 18.4 Å². The lowest BCUT2D eigenvalue weighted by Crippen LogP contribution is -2.28.